The molecule has 0 radical (unpaired) electrons. The highest BCUT2D eigenvalue weighted by atomic mass is 14.9. The van der Waals surface area contributed by atoms with Crippen LogP contribution >= 0.6 is 0 Å². The lowest BCUT2D eigenvalue weighted by Gasteiger charge is -2.32. The van der Waals surface area contributed by atoms with E-state index >= 15 is 0 Å². The molecule has 2 nitrogen and oxygen atoms in total. The monoisotopic (exact) mass is 492 g/mol. The zero-order chi connectivity index (χ0) is 26.2. The average Bonchev–Trinajstić information content (AvgIpc) is 3.23. The van der Waals surface area contributed by atoms with Crippen LogP contribution in [0.5, 0.6) is 0 Å². The van der Waals surface area contributed by atoms with E-state index in [9.17, 15) is 0 Å². The molecule has 2 N–H and O–H groups in total. The van der Waals surface area contributed by atoms with E-state index in [0.29, 0.717) is 11.8 Å². The molecule has 1 aliphatic carbocycles. The minimum Gasteiger partial charge on any atom is -0.384 e. The molecule has 1 aliphatic heterocycles. The third-order valence-corrected chi connectivity index (χ3v) is 7.92. The van der Waals surface area contributed by atoms with Gasteiger partial charge in [0.1, 0.15) is 0 Å². The van der Waals surface area contributed by atoms with Crippen molar-refractivity contribution in [2.75, 3.05) is 11.9 Å². The van der Waals surface area contributed by atoms with E-state index in [0.717, 1.165) is 43.6 Å². The molecule has 2 heteroatoms. The molecular weight excluding hydrogens is 448 g/mol. The Bertz CT molecular complexity index is 1180. The summed E-state index contributed by atoms with van der Waals surface area (Å²) >= 11 is 0. The third kappa shape index (κ3) is 6.55. The molecule has 2 aliphatic rings. The molecule has 194 valence electrons. The molecule has 2 atom stereocenters. The summed E-state index contributed by atoms with van der Waals surface area (Å²) in [6.07, 6.45) is 18.1. The minimum absolute atomic E-state index is 0.373. The van der Waals surface area contributed by atoms with Crippen molar-refractivity contribution >= 4 is 11.3 Å². The molecule has 0 bridgehead atoms. The molecule has 4 rings (SSSR count). The summed E-state index contributed by atoms with van der Waals surface area (Å²) in [5.41, 5.74) is 11.3. The lowest BCUT2D eigenvalue weighted by Crippen LogP contribution is -2.29. The van der Waals surface area contributed by atoms with E-state index in [-0.39, 0.29) is 0 Å². The zero-order valence-corrected chi connectivity index (χ0v) is 22.9. The number of rotatable bonds is 11. The molecular formula is C35H44N2. The van der Waals surface area contributed by atoms with Gasteiger partial charge in [0, 0.05) is 29.5 Å². The fraction of sp³-hybridized carbons (Fsp3) is 0.371. The van der Waals surface area contributed by atoms with Crippen LogP contribution < -0.4 is 10.6 Å². The second-order valence-electron chi connectivity index (χ2n) is 10.7. The largest absolute Gasteiger partial charge is 0.384 e. The highest BCUT2D eigenvalue weighted by Gasteiger charge is 2.37. The Morgan fingerprint density at radius 3 is 2.38 bits per heavy atom. The summed E-state index contributed by atoms with van der Waals surface area (Å²) in [4.78, 5) is 0. The van der Waals surface area contributed by atoms with Gasteiger partial charge < -0.3 is 10.6 Å². The number of piperidine rings is 1. The Kier molecular flexibility index (Phi) is 9.28. The van der Waals surface area contributed by atoms with E-state index < -0.39 is 0 Å². The number of unbranched alkanes of at least 4 members (excludes halogenated alkanes) is 3. The second kappa shape index (κ2) is 12.8. The molecule has 1 fully saturated rings. The summed E-state index contributed by atoms with van der Waals surface area (Å²) in [5, 5.41) is 7.20. The van der Waals surface area contributed by atoms with E-state index in [2.05, 4.69) is 105 Å². The average molecular weight is 493 g/mol. The molecule has 2 unspecified atom stereocenters. The number of fused-ring (bicyclic) bond motifs is 1. The van der Waals surface area contributed by atoms with Crippen molar-refractivity contribution in [1.29, 1.82) is 0 Å². The predicted octanol–water partition coefficient (Wildman–Crippen LogP) is 9.37. The van der Waals surface area contributed by atoms with Crippen molar-refractivity contribution < 1.29 is 0 Å². The van der Waals surface area contributed by atoms with Crippen LogP contribution in [-0.4, -0.2) is 6.54 Å². The summed E-state index contributed by atoms with van der Waals surface area (Å²) in [5.74, 6) is 0.762. The summed E-state index contributed by atoms with van der Waals surface area (Å²) in [6, 6.07) is 13.5. The van der Waals surface area contributed by atoms with Gasteiger partial charge in [-0.2, -0.15) is 0 Å². The first-order chi connectivity index (χ1) is 18.0. The number of hydrogen-bond donors (Lipinski definition) is 2. The van der Waals surface area contributed by atoms with Crippen LogP contribution in [0.1, 0.15) is 68.6 Å². The van der Waals surface area contributed by atoms with Gasteiger partial charge in [-0.05, 0) is 105 Å². The fourth-order valence-electron chi connectivity index (χ4n) is 5.83. The van der Waals surface area contributed by atoms with Gasteiger partial charge in [0.2, 0.25) is 0 Å². The quantitative estimate of drug-likeness (QED) is 0.241. The van der Waals surface area contributed by atoms with Gasteiger partial charge in [-0.3, -0.25) is 0 Å². The van der Waals surface area contributed by atoms with Crippen LogP contribution in [0.15, 0.2) is 91.8 Å². The molecule has 0 spiro atoms. The lowest BCUT2D eigenvalue weighted by molar-refractivity contribution is 0.397. The maximum absolute atomic E-state index is 4.67. The Hall–Kier alpha value is -3.26. The molecule has 2 aromatic carbocycles. The maximum Gasteiger partial charge on any atom is 0.0379 e. The first kappa shape index (κ1) is 26.8. The van der Waals surface area contributed by atoms with Gasteiger partial charge in [0.05, 0.1) is 0 Å². The Morgan fingerprint density at radius 1 is 0.919 bits per heavy atom. The van der Waals surface area contributed by atoms with Crippen LogP contribution in [0.3, 0.4) is 0 Å². The topological polar surface area (TPSA) is 24.1 Å². The standard InChI is InChI=1S/C35H44N2/c1-6-7-8-9-10-11-12-13-14-23-36-34-22-21-31(29-18-15-25(2)16-19-29)35-27(4)32(24-33(34)35)30-20-17-26(3)37-28(30)5/h6-7,12-13,15-16,18-19,21-22,30,32,36-37H,3-5,8-11,14,17,20,23-24H2,1-2H3/b7-6+,13-12+. The molecule has 37 heavy (non-hydrogen) atoms. The minimum atomic E-state index is 0.373. The van der Waals surface area contributed by atoms with Crippen molar-refractivity contribution in [3.05, 3.63) is 109 Å². The fourth-order valence-corrected chi connectivity index (χ4v) is 5.83. The normalized spacial score (nSPS) is 19.6. The van der Waals surface area contributed by atoms with Crippen LogP contribution in [0.4, 0.5) is 5.69 Å². The first-order valence-electron chi connectivity index (χ1n) is 14.0. The van der Waals surface area contributed by atoms with Gasteiger partial charge in [0.15, 0.2) is 0 Å². The number of benzene rings is 2. The van der Waals surface area contributed by atoms with Crippen LogP contribution in [0.25, 0.3) is 16.7 Å². The Labute approximate surface area is 225 Å². The highest BCUT2D eigenvalue weighted by Crippen LogP contribution is 2.50. The van der Waals surface area contributed by atoms with Gasteiger partial charge in [0.25, 0.3) is 0 Å². The molecule has 0 saturated carbocycles. The van der Waals surface area contributed by atoms with Gasteiger partial charge >= 0.3 is 0 Å². The Morgan fingerprint density at radius 2 is 1.65 bits per heavy atom. The van der Waals surface area contributed by atoms with Crippen molar-refractivity contribution in [3.8, 4) is 11.1 Å². The first-order valence-corrected chi connectivity index (χ1v) is 14.0. The van der Waals surface area contributed by atoms with E-state index in [1.54, 1.807) is 0 Å². The summed E-state index contributed by atoms with van der Waals surface area (Å²) in [7, 11) is 0. The SMILES string of the molecule is C=C1CCC(C2Cc3c(NCC/C=C/CCCC/C=C/C)ccc(-c4ccc(C)cc4)c3C2=C)C(=C)N1. The highest BCUT2D eigenvalue weighted by molar-refractivity contribution is 5.89. The predicted molar refractivity (Wildman–Crippen MR) is 163 cm³/mol. The molecule has 1 saturated heterocycles. The van der Waals surface area contributed by atoms with Crippen molar-refractivity contribution in [3.63, 3.8) is 0 Å². The molecule has 2 aromatic rings. The number of aryl methyl sites for hydroxylation is 1. The van der Waals surface area contributed by atoms with Crippen LogP contribution in [0.2, 0.25) is 0 Å². The lowest BCUT2D eigenvalue weighted by atomic mass is 9.79. The van der Waals surface area contributed by atoms with E-state index in [4.69, 9.17) is 0 Å². The number of hydrogen-bond acceptors (Lipinski definition) is 2. The zero-order valence-electron chi connectivity index (χ0n) is 22.9. The maximum atomic E-state index is 4.67. The third-order valence-electron chi connectivity index (χ3n) is 7.92. The van der Waals surface area contributed by atoms with E-state index in [1.807, 2.05) is 0 Å². The summed E-state index contributed by atoms with van der Waals surface area (Å²) < 4.78 is 0. The van der Waals surface area contributed by atoms with Gasteiger partial charge in [-0.1, -0.05) is 79.9 Å². The molecule has 1 heterocycles. The number of allylic oxidation sites excluding steroid dienone is 6. The van der Waals surface area contributed by atoms with Gasteiger partial charge in [-0.25, -0.2) is 0 Å². The van der Waals surface area contributed by atoms with Crippen molar-refractivity contribution in [1.82, 2.24) is 5.32 Å². The van der Waals surface area contributed by atoms with Crippen LogP contribution in [-0.2, 0) is 6.42 Å². The number of anilines is 1. The summed E-state index contributed by atoms with van der Waals surface area (Å²) in [6.45, 7) is 18.3. The molecule has 0 amide bonds. The van der Waals surface area contributed by atoms with Crippen LogP contribution in [0, 0.1) is 18.8 Å². The van der Waals surface area contributed by atoms with Crippen molar-refractivity contribution in [2.24, 2.45) is 11.8 Å². The smallest absolute Gasteiger partial charge is 0.0379 e. The molecule has 0 aromatic heterocycles. The second-order valence-corrected chi connectivity index (χ2v) is 10.7. The number of nitrogens with one attached hydrogen (secondary N) is 2. The van der Waals surface area contributed by atoms with Gasteiger partial charge in [-0.15, -0.1) is 0 Å². The van der Waals surface area contributed by atoms with E-state index in [1.165, 1.54) is 64.8 Å². The van der Waals surface area contributed by atoms with Crippen molar-refractivity contribution in [2.45, 2.75) is 65.2 Å². The Balaban J connectivity index is 1.49.